The number of carbonyl (C=O) groups excluding carboxylic acids is 1. The van der Waals surface area contributed by atoms with E-state index < -0.39 is 0 Å². The highest BCUT2D eigenvalue weighted by Gasteiger charge is 2.21. The van der Waals surface area contributed by atoms with Crippen molar-refractivity contribution in [3.05, 3.63) is 64.2 Å². The lowest BCUT2D eigenvalue weighted by molar-refractivity contribution is 0.0993. The van der Waals surface area contributed by atoms with Crippen molar-refractivity contribution in [3.8, 4) is 11.4 Å². The standard InChI is InChI=1S/C20H20ClN3OS/c1-12-5-6-13(2)17(11-12)18(25)14(3)26-20-23-22-19(24(20)4)15-7-9-16(21)10-8-15/h5-11,14H,1-4H3. The summed E-state index contributed by atoms with van der Waals surface area (Å²) in [7, 11) is 1.90. The van der Waals surface area contributed by atoms with E-state index >= 15 is 0 Å². The van der Waals surface area contributed by atoms with Crippen LogP contribution in [-0.2, 0) is 7.05 Å². The number of aryl methyl sites for hydroxylation is 2. The van der Waals surface area contributed by atoms with Gasteiger partial charge in [-0.25, -0.2) is 0 Å². The Hall–Kier alpha value is -2.11. The normalized spacial score (nSPS) is 12.2. The molecule has 4 nitrogen and oxygen atoms in total. The smallest absolute Gasteiger partial charge is 0.191 e. The van der Waals surface area contributed by atoms with Gasteiger partial charge in [-0.3, -0.25) is 4.79 Å². The van der Waals surface area contributed by atoms with Crippen LogP contribution in [0.4, 0.5) is 0 Å². The van der Waals surface area contributed by atoms with Crippen LogP contribution in [0, 0.1) is 13.8 Å². The zero-order valence-electron chi connectivity index (χ0n) is 15.2. The van der Waals surface area contributed by atoms with E-state index in [1.54, 1.807) is 0 Å². The van der Waals surface area contributed by atoms with E-state index in [4.69, 9.17) is 11.6 Å². The lowest BCUT2D eigenvalue weighted by Gasteiger charge is -2.12. The summed E-state index contributed by atoms with van der Waals surface area (Å²) in [5, 5.41) is 9.67. The largest absolute Gasteiger partial charge is 0.305 e. The fourth-order valence-electron chi connectivity index (χ4n) is 2.70. The molecule has 0 radical (unpaired) electrons. The van der Waals surface area contributed by atoms with Crippen molar-refractivity contribution in [3.63, 3.8) is 0 Å². The molecule has 0 spiro atoms. The average Bonchev–Trinajstić information content (AvgIpc) is 2.98. The third kappa shape index (κ3) is 3.84. The maximum absolute atomic E-state index is 12.9. The number of hydrogen-bond acceptors (Lipinski definition) is 4. The molecule has 134 valence electrons. The second kappa shape index (κ2) is 7.64. The molecule has 1 heterocycles. The van der Waals surface area contributed by atoms with Crippen LogP contribution in [0.25, 0.3) is 11.4 Å². The van der Waals surface area contributed by atoms with Gasteiger partial charge in [-0.1, -0.05) is 41.1 Å². The van der Waals surface area contributed by atoms with Gasteiger partial charge in [0.1, 0.15) is 0 Å². The van der Waals surface area contributed by atoms with Crippen LogP contribution in [0.3, 0.4) is 0 Å². The number of thioether (sulfide) groups is 1. The van der Waals surface area contributed by atoms with E-state index in [0.29, 0.717) is 10.2 Å². The summed E-state index contributed by atoms with van der Waals surface area (Å²) < 4.78 is 1.90. The second-order valence-electron chi connectivity index (χ2n) is 6.31. The van der Waals surface area contributed by atoms with Gasteiger partial charge in [-0.05, 0) is 56.7 Å². The topological polar surface area (TPSA) is 47.8 Å². The first-order chi connectivity index (χ1) is 12.4. The lowest BCUT2D eigenvalue weighted by Crippen LogP contribution is -2.16. The second-order valence-corrected chi connectivity index (χ2v) is 8.06. The molecule has 0 aliphatic heterocycles. The van der Waals surface area contributed by atoms with Crippen LogP contribution in [0.1, 0.15) is 28.4 Å². The molecule has 3 aromatic rings. The third-order valence-corrected chi connectivity index (χ3v) is 5.63. The monoisotopic (exact) mass is 385 g/mol. The summed E-state index contributed by atoms with van der Waals surface area (Å²) in [6.07, 6.45) is 0. The summed E-state index contributed by atoms with van der Waals surface area (Å²) >= 11 is 7.37. The highest BCUT2D eigenvalue weighted by Crippen LogP contribution is 2.28. The lowest BCUT2D eigenvalue weighted by atomic mass is 10.0. The molecule has 0 fully saturated rings. The minimum atomic E-state index is -0.253. The van der Waals surface area contributed by atoms with Crippen molar-refractivity contribution in [1.82, 2.24) is 14.8 Å². The van der Waals surface area contributed by atoms with Gasteiger partial charge in [0.25, 0.3) is 0 Å². The summed E-state index contributed by atoms with van der Waals surface area (Å²) in [4.78, 5) is 12.9. The highest BCUT2D eigenvalue weighted by molar-refractivity contribution is 8.00. The van der Waals surface area contributed by atoms with Crippen molar-refractivity contribution in [2.24, 2.45) is 7.05 Å². The minimum Gasteiger partial charge on any atom is -0.305 e. The molecule has 0 bridgehead atoms. The Balaban J connectivity index is 1.82. The Labute approximate surface area is 162 Å². The Morgan fingerprint density at radius 2 is 1.81 bits per heavy atom. The Bertz CT molecular complexity index is 950. The van der Waals surface area contributed by atoms with E-state index in [2.05, 4.69) is 10.2 Å². The van der Waals surface area contributed by atoms with Crippen LogP contribution in [0.2, 0.25) is 5.02 Å². The zero-order valence-corrected chi connectivity index (χ0v) is 16.7. The molecule has 0 saturated heterocycles. The molecule has 0 N–H and O–H groups in total. The molecule has 0 saturated carbocycles. The van der Waals surface area contributed by atoms with E-state index in [0.717, 1.165) is 28.1 Å². The van der Waals surface area contributed by atoms with Crippen LogP contribution in [0.15, 0.2) is 47.6 Å². The highest BCUT2D eigenvalue weighted by atomic mass is 35.5. The van der Waals surface area contributed by atoms with Gasteiger partial charge >= 0.3 is 0 Å². The summed E-state index contributed by atoms with van der Waals surface area (Å²) in [6, 6.07) is 13.4. The Morgan fingerprint density at radius 3 is 2.50 bits per heavy atom. The number of hydrogen-bond donors (Lipinski definition) is 0. The van der Waals surface area contributed by atoms with Gasteiger partial charge in [0.2, 0.25) is 0 Å². The molecule has 1 unspecified atom stereocenters. The zero-order chi connectivity index (χ0) is 18.8. The number of Topliss-reactive ketones (excluding diaryl/α,β-unsaturated/α-hetero) is 1. The first-order valence-corrected chi connectivity index (χ1v) is 9.56. The van der Waals surface area contributed by atoms with E-state index in [9.17, 15) is 4.79 Å². The molecule has 0 aliphatic rings. The van der Waals surface area contributed by atoms with E-state index in [1.165, 1.54) is 11.8 Å². The third-order valence-electron chi connectivity index (χ3n) is 4.25. The van der Waals surface area contributed by atoms with Gasteiger partial charge < -0.3 is 4.57 Å². The number of benzene rings is 2. The van der Waals surface area contributed by atoms with Gasteiger partial charge in [0.15, 0.2) is 16.8 Å². The Morgan fingerprint density at radius 1 is 1.12 bits per heavy atom. The first kappa shape index (κ1) is 18.7. The number of nitrogens with zero attached hydrogens (tertiary/aromatic N) is 3. The van der Waals surface area contributed by atoms with Gasteiger partial charge in [0, 0.05) is 23.2 Å². The maximum atomic E-state index is 12.9. The molecule has 0 amide bonds. The maximum Gasteiger partial charge on any atom is 0.191 e. The van der Waals surface area contributed by atoms with Gasteiger partial charge in [0.05, 0.1) is 5.25 Å². The van der Waals surface area contributed by atoms with Crippen molar-refractivity contribution >= 4 is 29.1 Å². The van der Waals surface area contributed by atoms with E-state index in [1.807, 2.05) is 74.9 Å². The molecule has 3 rings (SSSR count). The number of aromatic nitrogens is 3. The van der Waals surface area contributed by atoms with Crippen LogP contribution >= 0.6 is 23.4 Å². The predicted octanol–water partition coefficient (Wildman–Crippen LogP) is 5.12. The Kier molecular flexibility index (Phi) is 5.49. The van der Waals surface area contributed by atoms with Crippen molar-refractivity contribution in [2.75, 3.05) is 0 Å². The SMILES string of the molecule is Cc1ccc(C)c(C(=O)C(C)Sc2nnc(-c3ccc(Cl)cc3)n2C)c1. The number of carbonyl (C=O) groups is 1. The fraction of sp³-hybridized carbons (Fsp3) is 0.250. The minimum absolute atomic E-state index is 0.104. The van der Waals surface area contributed by atoms with Crippen molar-refractivity contribution in [1.29, 1.82) is 0 Å². The van der Waals surface area contributed by atoms with Crippen LogP contribution in [0.5, 0.6) is 0 Å². The summed E-state index contributed by atoms with van der Waals surface area (Å²) in [5.74, 6) is 0.850. The van der Waals surface area contributed by atoms with Gasteiger partial charge in [-0.15, -0.1) is 10.2 Å². The first-order valence-electron chi connectivity index (χ1n) is 8.30. The molecule has 2 aromatic carbocycles. The molecule has 0 aliphatic carbocycles. The number of ketones is 1. The fourth-order valence-corrected chi connectivity index (χ4v) is 3.71. The van der Waals surface area contributed by atoms with Crippen molar-refractivity contribution in [2.45, 2.75) is 31.2 Å². The molecule has 6 heteroatoms. The number of halogens is 1. The quantitative estimate of drug-likeness (QED) is 0.452. The van der Waals surface area contributed by atoms with Crippen LogP contribution < -0.4 is 0 Å². The molecule has 1 aromatic heterocycles. The summed E-state index contributed by atoms with van der Waals surface area (Å²) in [5.41, 5.74) is 3.78. The molecular weight excluding hydrogens is 366 g/mol. The number of rotatable bonds is 5. The van der Waals surface area contributed by atoms with Crippen molar-refractivity contribution < 1.29 is 4.79 Å². The predicted molar refractivity (Wildman–Crippen MR) is 107 cm³/mol. The van der Waals surface area contributed by atoms with E-state index in [-0.39, 0.29) is 11.0 Å². The molecule has 1 atom stereocenters. The average molecular weight is 386 g/mol. The summed E-state index contributed by atoms with van der Waals surface area (Å²) in [6.45, 7) is 5.87. The van der Waals surface area contributed by atoms with Gasteiger partial charge in [-0.2, -0.15) is 0 Å². The molecular formula is C20H20ClN3OS. The van der Waals surface area contributed by atoms with Crippen LogP contribution in [-0.4, -0.2) is 25.8 Å². The molecule has 26 heavy (non-hydrogen) atoms.